The van der Waals surface area contributed by atoms with Crippen LogP contribution >= 0.6 is 11.3 Å². The molecule has 0 spiro atoms. The number of unbranched alkanes of at least 4 members (excludes halogenated alkanes) is 4. The Hall–Kier alpha value is -0.410. The highest BCUT2D eigenvalue weighted by Gasteiger charge is 2.06. The third-order valence-corrected chi connectivity index (χ3v) is 3.79. The van der Waals surface area contributed by atoms with Crippen molar-refractivity contribution in [2.75, 3.05) is 13.1 Å². The van der Waals surface area contributed by atoms with Crippen LogP contribution in [0.25, 0.3) is 0 Å². The molecule has 1 aromatic rings. The van der Waals surface area contributed by atoms with Crippen LogP contribution in [0.1, 0.15) is 56.9 Å². The Balaban J connectivity index is 1.95. The lowest BCUT2D eigenvalue weighted by Gasteiger charge is -2.09. The number of nitrogens with zero attached hydrogens (tertiary/aromatic N) is 1. The second-order valence-corrected chi connectivity index (χ2v) is 5.32. The summed E-state index contributed by atoms with van der Waals surface area (Å²) in [5, 5.41) is 6.82. The van der Waals surface area contributed by atoms with Gasteiger partial charge in [0.05, 0.1) is 5.01 Å². The Morgan fingerprint density at radius 3 is 2.81 bits per heavy atom. The predicted octanol–water partition coefficient (Wildman–Crippen LogP) is 3.81. The second kappa shape index (κ2) is 8.71. The molecule has 0 aromatic carbocycles. The molecule has 0 fully saturated rings. The number of hydrogen-bond acceptors (Lipinski definition) is 3. The van der Waals surface area contributed by atoms with Crippen molar-refractivity contribution in [3.63, 3.8) is 0 Å². The topological polar surface area (TPSA) is 24.9 Å². The summed E-state index contributed by atoms with van der Waals surface area (Å²) in [4.78, 5) is 4.33. The van der Waals surface area contributed by atoms with Gasteiger partial charge in [0.15, 0.2) is 0 Å². The van der Waals surface area contributed by atoms with Gasteiger partial charge in [0.2, 0.25) is 0 Å². The van der Waals surface area contributed by atoms with E-state index in [0.29, 0.717) is 5.92 Å². The first-order valence-electron chi connectivity index (χ1n) is 6.44. The summed E-state index contributed by atoms with van der Waals surface area (Å²) in [6, 6.07) is 0. The van der Waals surface area contributed by atoms with Gasteiger partial charge in [0.1, 0.15) is 0 Å². The summed E-state index contributed by atoms with van der Waals surface area (Å²) in [7, 11) is 0. The van der Waals surface area contributed by atoms with E-state index in [4.69, 9.17) is 0 Å². The highest BCUT2D eigenvalue weighted by Crippen LogP contribution is 2.16. The molecule has 1 unspecified atom stereocenters. The first-order valence-corrected chi connectivity index (χ1v) is 7.32. The summed E-state index contributed by atoms with van der Waals surface area (Å²) in [5.74, 6) is 0.552. The van der Waals surface area contributed by atoms with E-state index in [0.717, 1.165) is 13.1 Å². The zero-order chi connectivity index (χ0) is 11.6. The summed E-state index contributed by atoms with van der Waals surface area (Å²) >= 11 is 1.75. The van der Waals surface area contributed by atoms with Gasteiger partial charge in [-0.25, -0.2) is 4.98 Å². The van der Waals surface area contributed by atoms with E-state index in [1.54, 1.807) is 11.3 Å². The average Bonchev–Trinajstić information content (AvgIpc) is 2.81. The van der Waals surface area contributed by atoms with Crippen LogP contribution in [-0.2, 0) is 0 Å². The van der Waals surface area contributed by atoms with Gasteiger partial charge in [-0.2, -0.15) is 0 Å². The van der Waals surface area contributed by atoms with Crippen molar-refractivity contribution in [3.8, 4) is 0 Å². The number of thiazole rings is 1. The lowest BCUT2D eigenvalue weighted by atomic mass is 10.1. The van der Waals surface area contributed by atoms with Crippen molar-refractivity contribution in [1.29, 1.82) is 0 Å². The monoisotopic (exact) mass is 240 g/mol. The van der Waals surface area contributed by atoms with Crippen LogP contribution in [0.4, 0.5) is 0 Å². The lowest BCUT2D eigenvalue weighted by molar-refractivity contribution is 0.559. The van der Waals surface area contributed by atoms with Crippen molar-refractivity contribution in [1.82, 2.24) is 10.3 Å². The van der Waals surface area contributed by atoms with E-state index < -0.39 is 0 Å². The SMILES string of the molecule is CCCCCCCNCC(C)c1nccs1. The molecule has 16 heavy (non-hydrogen) atoms. The third kappa shape index (κ3) is 5.61. The Labute approximate surface area is 103 Å². The molecule has 1 heterocycles. The first-order chi connectivity index (χ1) is 7.84. The molecule has 0 saturated heterocycles. The molecule has 0 amide bonds. The molecule has 1 rings (SSSR count). The lowest BCUT2D eigenvalue weighted by Crippen LogP contribution is -2.21. The first kappa shape index (κ1) is 13.7. The van der Waals surface area contributed by atoms with Crippen molar-refractivity contribution in [2.45, 2.75) is 51.9 Å². The molecule has 2 nitrogen and oxygen atoms in total. The third-order valence-electron chi connectivity index (χ3n) is 2.78. The van der Waals surface area contributed by atoms with Gasteiger partial charge in [-0.1, -0.05) is 39.5 Å². The van der Waals surface area contributed by atoms with E-state index in [2.05, 4.69) is 29.5 Å². The van der Waals surface area contributed by atoms with Crippen molar-refractivity contribution in [3.05, 3.63) is 16.6 Å². The maximum Gasteiger partial charge on any atom is 0.0965 e. The smallest absolute Gasteiger partial charge is 0.0965 e. The molecule has 92 valence electrons. The normalized spacial score (nSPS) is 12.9. The molecule has 1 atom stereocenters. The zero-order valence-electron chi connectivity index (χ0n) is 10.5. The average molecular weight is 240 g/mol. The van der Waals surface area contributed by atoms with Crippen LogP contribution in [0.15, 0.2) is 11.6 Å². The fourth-order valence-electron chi connectivity index (χ4n) is 1.74. The number of nitrogens with one attached hydrogen (secondary N) is 1. The van der Waals surface area contributed by atoms with E-state index in [-0.39, 0.29) is 0 Å². The molecule has 0 bridgehead atoms. The molecule has 0 aliphatic heterocycles. The highest BCUT2D eigenvalue weighted by atomic mass is 32.1. The number of rotatable bonds is 9. The summed E-state index contributed by atoms with van der Waals surface area (Å²) < 4.78 is 0. The van der Waals surface area contributed by atoms with E-state index >= 15 is 0 Å². The Bertz CT molecular complexity index is 246. The predicted molar refractivity (Wildman–Crippen MR) is 72.2 cm³/mol. The molecule has 0 aliphatic carbocycles. The van der Waals surface area contributed by atoms with Crippen LogP contribution in [0.5, 0.6) is 0 Å². The largest absolute Gasteiger partial charge is 0.316 e. The van der Waals surface area contributed by atoms with E-state index in [9.17, 15) is 0 Å². The quantitative estimate of drug-likeness (QED) is 0.664. The minimum absolute atomic E-state index is 0.552. The Morgan fingerprint density at radius 2 is 2.12 bits per heavy atom. The number of aromatic nitrogens is 1. The van der Waals surface area contributed by atoms with Crippen LogP contribution in [0.3, 0.4) is 0 Å². The second-order valence-electron chi connectivity index (χ2n) is 4.39. The van der Waals surface area contributed by atoms with Gasteiger partial charge < -0.3 is 5.32 Å². The molecular formula is C13H24N2S. The van der Waals surface area contributed by atoms with Gasteiger partial charge in [-0.3, -0.25) is 0 Å². The van der Waals surface area contributed by atoms with Crippen LogP contribution in [0, 0.1) is 0 Å². The maximum absolute atomic E-state index is 4.33. The van der Waals surface area contributed by atoms with Crippen LogP contribution < -0.4 is 5.32 Å². The van der Waals surface area contributed by atoms with Gasteiger partial charge in [-0.15, -0.1) is 11.3 Å². The molecular weight excluding hydrogens is 216 g/mol. The van der Waals surface area contributed by atoms with E-state index in [1.165, 1.54) is 37.1 Å². The summed E-state index contributed by atoms with van der Waals surface area (Å²) in [6.07, 6.45) is 8.67. The molecule has 1 aromatic heterocycles. The summed E-state index contributed by atoms with van der Waals surface area (Å²) in [6.45, 7) is 6.71. The molecule has 0 aliphatic rings. The molecule has 0 radical (unpaired) electrons. The Kier molecular flexibility index (Phi) is 7.43. The highest BCUT2D eigenvalue weighted by molar-refractivity contribution is 7.09. The van der Waals surface area contributed by atoms with Gasteiger partial charge in [-0.05, 0) is 13.0 Å². The van der Waals surface area contributed by atoms with Crippen LogP contribution in [0.2, 0.25) is 0 Å². The number of hydrogen-bond donors (Lipinski definition) is 1. The fourth-order valence-corrected chi connectivity index (χ4v) is 2.44. The zero-order valence-corrected chi connectivity index (χ0v) is 11.4. The van der Waals surface area contributed by atoms with Crippen LogP contribution in [-0.4, -0.2) is 18.1 Å². The standard InChI is InChI=1S/C13H24N2S/c1-3-4-5-6-7-8-14-11-12(2)13-15-9-10-16-13/h9-10,12,14H,3-8,11H2,1-2H3. The van der Waals surface area contributed by atoms with Crippen molar-refractivity contribution < 1.29 is 0 Å². The molecule has 3 heteroatoms. The van der Waals surface area contributed by atoms with Crippen molar-refractivity contribution in [2.24, 2.45) is 0 Å². The minimum atomic E-state index is 0.552. The van der Waals surface area contributed by atoms with Gasteiger partial charge in [0.25, 0.3) is 0 Å². The van der Waals surface area contributed by atoms with Gasteiger partial charge >= 0.3 is 0 Å². The maximum atomic E-state index is 4.33. The van der Waals surface area contributed by atoms with E-state index in [1.807, 2.05) is 6.20 Å². The summed E-state index contributed by atoms with van der Waals surface area (Å²) in [5.41, 5.74) is 0. The Morgan fingerprint density at radius 1 is 1.31 bits per heavy atom. The van der Waals surface area contributed by atoms with Gasteiger partial charge in [0, 0.05) is 24.0 Å². The molecule has 0 saturated carbocycles. The van der Waals surface area contributed by atoms with Crippen molar-refractivity contribution >= 4 is 11.3 Å². The minimum Gasteiger partial charge on any atom is -0.316 e. The fraction of sp³-hybridized carbons (Fsp3) is 0.769. The molecule has 1 N–H and O–H groups in total.